The highest BCUT2D eigenvalue weighted by atomic mass is 32.2. The lowest BCUT2D eigenvalue weighted by molar-refractivity contribution is -0.140. The van der Waals surface area contributed by atoms with Crippen LogP contribution < -0.4 is 10.6 Å². The smallest absolute Gasteiger partial charge is 0.326 e. The lowest BCUT2D eigenvalue weighted by Crippen LogP contribution is -2.47. The van der Waals surface area contributed by atoms with E-state index >= 15 is 0 Å². The van der Waals surface area contributed by atoms with Crippen molar-refractivity contribution in [3.63, 3.8) is 0 Å². The molecule has 0 fully saturated rings. The van der Waals surface area contributed by atoms with E-state index in [2.05, 4.69) is 10.6 Å². The average Bonchev–Trinajstić information content (AvgIpc) is 2.31. The number of carbonyl (C=O) groups excluding carboxylic acids is 1. The Labute approximate surface area is 116 Å². The second kappa shape index (κ2) is 9.48. The number of aliphatic carboxylic acids is 2. The zero-order valence-electron chi connectivity index (χ0n) is 11.0. The van der Waals surface area contributed by atoms with Gasteiger partial charge in [-0.15, -0.1) is 0 Å². The molecule has 2 amide bonds. The first-order valence-electron chi connectivity index (χ1n) is 5.84. The van der Waals surface area contributed by atoms with Crippen LogP contribution in [0.4, 0.5) is 4.79 Å². The predicted octanol–water partition coefficient (Wildman–Crippen LogP) is 0.603. The van der Waals surface area contributed by atoms with Crippen LogP contribution in [0.5, 0.6) is 0 Å². The van der Waals surface area contributed by atoms with Crippen molar-refractivity contribution in [3.8, 4) is 0 Å². The van der Waals surface area contributed by atoms with Crippen LogP contribution in [-0.2, 0) is 9.59 Å². The standard InChI is InChI=1S/C11H20N2O5S/c1-7(6-19-2)5-12-11(18)13-8(10(16)17)3-4-9(14)15/h7-8H,3-6H2,1-2H3,(H,14,15)(H,16,17)(H2,12,13,18)/t7?,8-/m0/s1. The third kappa shape index (κ3) is 9.18. The highest BCUT2D eigenvalue weighted by molar-refractivity contribution is 7.98. The van der Waals surface area contributed by atoms with Crippen LogP contribution in [0.2, 0.25) is 0 Å². The van der Waals surface area contributed by atoms with Crippen molar-refractivity contribution in [2.45, 2.75) is 25.8 Å². The van der Waals surface area contributed by atoms with E-state index in [1.807, 2.05) is 13.2 Å². The van der Waals surface area contributed by atoms with E-state index in [4.69, 9.17) is 10.2 Å². The highest BCUT2D eigenvalue weighted by Gasteiger charge is 2.20. The van der Waals surface area contributed by atoms with Gasteiger partial charge >= 0.3 is 18.0 Å². The molecule has 7 nitrogen and oxygen atoms in total. The molecule has 0 aliphatic heterocycles. The largest absolute Gasteiger partial charge is 0.481 e. The molecule has 8 heteroatoms. The fourth-order valence-corrected chi connectivity index (χ4v) is 2.03. The molecule has 110 valence electrons. The molecule has 0 aliphatic carbocycles. The van der Waals surface area contributed by atoms with Crippen molar-refractivity contribution in [1.29, 1.82) is 0 Å². The van der Waals surface area contributed by atoms with Crippen LogP contribution in [0.1, 0.15) is 19.8 Å². The van der Waals surface area contributed by atoms with Crippen LogP contribution in [0.3, 0.4) is 0 Å². The Morgan fingerprint density at radius 2 is 1.89 bits per heavy atom. The molecule has 0 aliphatic rings. The first-order chi connectivity index (χ1) is 8.86. The minimum absolute atomic E-state index is 0.140. The van der Waals surface area contributed by atoms with Gasteiger partial charge in [-0.3, -0.25) is 4.79 Å². The van der Waals surface area contributed by atoms with Crippen molar-refractivity contribution in [3.05, 3.63) is 0 Å². The van der Waals surface area contributed by atoms with E-state index in [1.54, 1.807) is 11.8 Å². The quantitative estimate of drug-likeness (QED) is 0.494. The van der Waals surface area contributed by atoms with Gasteiger partial charge < -0.3 is 20.8 Å². The van der Waals surface area contributed by atoms with Crippen molar-refractivity contribution in [1.82, 2.24) is 10.6 Å². The zero-order chi connectivity index (χ0) is 14.8. The Bertz CT molecular complexity index is 324. The molecule has 0 spiro atoms. The topological polar surface area (TPSA) is 116 Å². The molecule has 0 rings (SSSR count). The average molecular weight is 292 g/mol. The molecule has 4 N–H and O–H groups in total. The van der Waals surface area contributed by atoms with E-state index in [-0.39, 0.29) is 18.8 Å². The molecule has 1 unspecified atom stereocenters. The maximum Gasteiger partial charge on any atom is 0.326 e. The van der Waals surface area contributed by atoms with Crippen LogP contribution in [0.15, 0.2) is 0 Å². The molecule has 19 heavy (non-hydrogen) atoms. The SMILES string of the molecule is CSCC(C)CNC(=O)N[C@@H](CCC(=O)O)C(=O)O. The van der Waals surface area contributed by atoms with Gasteiger partial charge in [0.2, 0.25) is 0 Å². The van der Waals surface area contributed by atoms with Crippen molar-refractivity contribution >= 4 is 29.7 Å². The highest BCUT2D eigenvalue weighted by Crippen LogP contribution is 2.02. The molecule has 0 aromatic carbocycles. The van der Waals surface area contributed by atoms with E-state index in [1.165, 1.54) is 0 Å². The molecular weight excluding hydrogens is 272 g/mol. The van der Waals surface area contributed by atoms with Gasteiger partial charge in [-0.05, 0) is 24.3 Å². The van der Waals surface area contributed by atoms with Gasteiger partial charge in [-0.25, -0.2) is 9.59 Å². The second-order valence-corrected chi connectivity index (χ2v) is 5.15. The van der Waals surface area contributed by atoms with Crippen LogP contribution in [-0.4, -0.2) is 52.8 Å². The lowest BCUT2D eigenvalue weighted by Gasteiger charge is -2.16. The Hall–Kier alpha value is -1.44. The maximum absolute atomic E-state index is 11.5. The van der Waals surface area contributed by atoms with Gasteiger partial charge in [0.05, 0.1) is 0 Å². The Balaban J connectivity index is 4.10. The third-order valence-corrected chi connectivity index (χ3v) is 3.21. The minimum atomic E-state index is -1.24. The fourth-order valence-electron chi connectivity index (χ4n) is 1.34. The van der Waals surface area contributed by atoms with E-state index in [0.29, 0.717) is 6.54 Å². The summed E-state index contributed by atoms with van der Waals surface area (Å²) in [4.78, 5) is 32.7. The Morgan fingerprint density at radius 1 is 1.26 bits per heavy atom. The summed E-state index contributed by atoms with van der Waals surface area (Å²) in [6, 6.07) is -1.78. The lowest BCUT2D eigenvalue weighted by atomic mass is 10.1. The van der Waals surface area contributed by atoms with Crippen molar-refractivity contribution in [2.24, 2.45) is 5.92 Å². The molecule has 0 aromatic heterocycles. The summed E-state index contributed by atoms with van der Waals surface area (Å²) in [6.07, 6.45) is 1.52. The summed E-state index contributed by atoms with van der Waals surface area (Å²) in [5.41, 5.74) is 0. The van der Waals surface area contributed by atoms with Gasteiger partial charge in [0.1, 0.15) is 6.04 Å². The summed E-state index contributed by atoms with van der Waals surface area (Å²) in [5.74, 6) is -1.17. The minimum Gasteiger partial charge on any atom is -0.481 e. The maximum atomic E-state index is 11.5. The first kappa shape index (κ1) is 17.6. The zero-order valence-corrected chi connectivity index (χ0v) is 11.8. The summed E-state index contributed by atoms with van der Waals surface area (Å²) in [7, 11) is 0. The van der Waals surface area contributed by atoms with Gasteiger partial charge in [0.15, 0.2) is 0 Å². The number of rotatable bonds is 9. The summed E-state index contributed by atoms with van der Waals surface area (Å²) in [6.45, 7) is 2.41. The molecule has 2 atom stereocenters. The van der Waals surface area contributed by atoms with Crippen LogP contribution in [0.25, 0.3) is 0 Å². The van der Waals surface area contributed by atoms with Gasteiger partial charge in [-0.2, -0.15) is 11.8 Å². The van der Waals surface area contributed by atoms with E-state index < -0.39 is 24.0 Å². The predicted molar refractivity (Wildman–Crippen MR) is 72.4 cm³/mol. The number of nitrogens with one attached hydrogen (secondary N) is 2. The van der Waals surface area contributed by atoms with Crippen molar-refractivity contribution < 1.29 is 24.6 Å². The van der Waals surface area contributed by atoms with Gasteiger partial charge in [-0.1, -0.05) is 6.92 Å². The molecule has 0 radical (unpaired) electrons. The fraction of sp³-hybridized carbons (Fsp3) is 0.727. The van der Waals surface area contributed by atoms with Gasteiger partial charge in [0.25, 0.3) is 0 Å². The molecule has 0 heterocycles. The first-order valence-corrected chi connectivity index (χ1v) is 7.24. The summed E-state index contributed by atoms with van der Waals surface area (Å²) >= 11 is 1.66. The number of amides is 2. The second-order valence-electron chi connectivity index (χ2n) is 4.24. The number of carboxylic acid groups (broad SMARTS) is 2. The number of carbonyl (C=O) groups is 3. The van der Waals surface area contributed by atoms with Crippen LogP contribution >= 0.6 is 11.8 Å². The number of thioether (sulfide) groups is 1. The molecule has 0 bridgehead atoms. The Kier molecular flexibility index (Phi) is 8.77. The number of urea groups is 1. The van der Waals surface area contributed by atoms with Gasteiger partial charge in [0, 0.05) is 13.0 Å². The summed E-state index contributed by atoms with van der Waals surface area (Å²) < 4.78 is 0. The Morgan fingerprint density at radius 3 is 2.37 bits per heavy atom. The third-order valence-electron chi connectivity index (χ3n) is 2.31. The molecule has 0 saturated carbocycles. The number of hydrogen-bond donors (Lipinski definition) is 4. The number of carboxylic acids is 2. The van der Waals surface area contributed by atoms with Crippen LogP contribution in [0, 0.1) is 5.92 Å². The van der Waals surface area contributed by atoms with E-state index in [0.717, 1.165) is 5.75 Å². The number of hydrogen-bond acceptors (Lipinski definition) is 4. The normalized spacial score (nSPS) is 13.4. The molecule has 0 aromatic rings. The summed E-state index contributed by atoms with van der Waals surface area (Å²) in [5, 5.41) is 22.2. The monoisotopic (exact) mass is 292 g/mol. The van der Waals surface area contributed by atoms with E-state index in [9.17, 15) is 14.4 Å². The van der Waals surface area contributed by atoms with Crippen molar-refractivity contribution in [2.75, 3.05) is 18.6 Å². The molecular formula is C11H20N2O5S. The molecule has 0 saturated heterocycles.